The van der Waals surface area contributed by atoms with E-state index in [0.29, 0.717) is 15.8 Å². The highest BCUT2D eigenvalue weighted by Gasteiger charge is 2.11. The topological polar surface area (TPSA) is 26.3 Å². The zero-order chi connectivity index (χ0) is 10.7. The van der Waals surface area contributed by atoms with E-state index in [9.17, 15) is 4.79 Å². The Labute approximate surface area is 97.2 Å². The monoisotopic (exact) mass is 274 g/mol. The smallest absolute Gasteiger partial charge is 0.151 e. The van der Waals surface area contributed by atoms with Gasteiger partial charge < -0.3 is 4.74 Å². The first-order chi connectivity index (χ1) is 6.56. The van der Waals surface area contributed by atoms with E-state index >= 15 is 0 Å². The molecule has 0 aromatic heterocycles. The van der Waals surface area contributed by atoms with Crippen molar-refractivity contribution in [2.45, 2.75) is 24.8 Å². The van der Waals surface area contributed by atoms with Gasteiger partial charge in [0.2, 0.25) is 0 Å². The third-order valence-corrected chi connectivity index (χ3v) is 2.76. The van der Waals surface area contributed by atoms with E-state index in [1.165, 1.54) is 0 Å². The van der Waals surface area contributed by atoms with Gasteiger partial charge in [0.15, 0.2) is 6.29 Å². The molecule has 0 amide bonds. The van der Waals surface area contributed by atoms with Gasteiger partial charge in [0.05, 0.1) is 10.6 Å². The minimum Gasteiger partial charge on any atom is -0.489 e. The Morgan fingerprint density at radius 3 is 2.64 bits per heavy atom. The molecule has 0 aliphatic rings. The molecule has 0 heterocycles. The molecule has 2 nitrogen and oxygen atoms in total. The number of ether oxygens (including phenoxy) is 1. The molecule has 0 bridgehead atoms. The van der Waals surface area contributed by atoms with E-state index in [0.717, 1.165) is 11.2 Å². The van der Waals surface area contributed by atoms with Crippen LogP contribution in [0.2, 0.25) is 0 Å². The van der Waals surface area contributed by atoms with Crippen molar-refractivity contribution in [3.8, 4) is 5.75 Å². The molecule has 0 fully saturated rings. The summed E-state index contributed by atoms with van der Waals surface area (Å²) in [4.78, 5) is 11.4. The van der Waals surface area contributed by atoms with E-state index in [4.69, 9.17) is 4.74 Å². The molecule has 1 aromatic carbocycles. The van der Waals surface area contributed by atoms with Crippen LogP contribution in [0.5, 0.6) is 5.75 Å². The highest BCUT2D eigenvalue weighted by molar-refractivity contribution is 9.10. The van der Waals surface area contributed by atoms with Crippen LogP contribution in [0.4, 0.5) is 0 Å². The lowest BCUT2D eigenvalue weighted by Gasteiger charge is -2.14. The second-order valence-corrected chi connectivity index (χ2v) is 4.38. The number of carbonyl (C=O) groups excluding carboxylic acids is 1. The average molecular weight is 275 g/mol. The van der Waals surface area contributed by atoms with Crippen LogP contribution in [0.25, 0.3) is 0 Å². The number of hydrogen-bond donors (Lipinski definition) is 1. The Morgan fingerprint density at radius 1 is 1.50 bits per heavy atom. The van der Waals surface area contributed by atoms with Crippen LogP contribution in [0.1, 0.15) is 24.2 Å². The van der Waals surface area contributed by atoms with Crippen LogP contribution in [-0.4, -0.2) is 12.4 Å². The first-order valence-electron chi connectivity index (χ1n) is 4.19. The number of aldehydes is 1. The summed E-state index contributed by atoms with van der Waals surface area (Å²) in [6.07, 6.45) is 0.837. The molecular weight excluding hydrogens is 264 g/mol. The predicted octanol–water partition coefficient (Wildman–Crippen LogP) is 3.34. The maximum Gasteiger partial charge on any atom is 0.151 e. The molecule has 76 valence electrons. The standard InChI is InChI=1S/C10H11BrO2S/c1-6(2)13-10-8(14)4-3-7(5-12)9(10)11/h3-6,14H,1-2H3. The Hall–Kier alpha value is -0.480. The minimum absolute atomic E-state index is 0.0547. The van der Waals surface area contributed by atoms with E-state index in [1.807, 2.05) is 13.8 Å². The molecular formula is C10H11BrO2S. The number of benzene rings is 1. The van der Waals surface area contributed by atoms with Gasteiger partial charge in [-0.1, -0.05) is 0 Å². The number of halogens is 1. The van der Waals surface area contributed by atoms with Crippen molar-refractivity contribution in [2.75, 3.05) is 0 Å². The fraction of sp³-hybridized carbons (Fsp3) is 0.300. The van der Waals surface area contributed by atoms with E-state index in [-0.39, 0.29) is 6.10 Å². The number of thiol groups is 1. The molecule has 0 saturated carbocycles. The average Bonchev–Trinajstić information content (AvgIpc) is 2.12. The summed E-state index contributed by atoms with van der Waals surface area (Å²) >= 11 is 7.57. The maximum absolute atomic E-state index is 10.7. The fourth-order valence-corrected chi connectivity index (χ4v) is 1.92. The van der Waals surface area contributed by atoms with Crippen molar-refractivity contribution in [1.29, 1.82) is 0 Å². The van der Waals surface area contributed by atoms with Crippen LogP contribution < -0.4 is 4.74 Å². The zero-order valence-corrected chi connectivity index (χ0v) is 10.4. The molecule has 0 saturated heterocycles. The Kier molecular flexibility index (Phi) is 4.01. The second kappa shape index (κ2) is 4.84. The van der Waals surface area contributed by atoms with Crippen molar-refractivity contribution in [3.63, 3.8) is 0 Å². The molecule has 1 rings (SSSR count). The Balaban J connectivity index is 3.18. The highest BCUT2D eigenvalue weighted by Crippen LogP contribution is 2.34. The fourth-order valence-electron chi connectivity index (χ4n) is 1.000. The molecule has 0 radical (unpaired) electrons. The minimum atomic E-state index is 0.0547. The third-order valence-electron chi connectivity index (χ3n) is 1.59. The van der Waals surface area contributed by atoms with Crippen LogP contribution in [0, 0.1) is 0 Å². The van der Waals surface area contributed by atoms with Crippen molar-refractivity contribution in [3.05, 3.63) is 22.2 Å². The second-order valence-electron chi connectivity index (χ2n) is 3.10. The lowest BCUT2D eigenvalue weighted by molar-refractivity contribution is 0.112. The van der Waals surface area contributed by atoms with Gasteiger partial charge >= 0.3 is 0 Å². The van der Waals surface area contributed by atoms with Crippen LogP contribution in [0.15, 0.2) is 21.5 Å². The van der Waals surface area contributed by atoms with Crippen molar-refractivity contribution >= 4 is 34.8 Å². The summed E-state index contributed by atoms with van der Waals surface area (Å²) in [6, 6.07) is 3.45. The van der Waals surface area contributed by atoms with E-state index in [1.54, 1.807) is 12.1 Å². The van der Waals surface area contributed by atoms with E-state index < -0.39 is 0 Å². The first kappa shape index (κ1) is 11.6. The molecule has 0 N–H and O–H groups in total. The Bertz CT molecular complexity index is 350. The molecule has 1 aromatic rings. The van der Waals surface area contributed by atoms with Gasteiger partial charge in [-0.25, -0.2) is 0 Å². The summed E-state index contributed by atoms with van der Waals surface area (Å²) < 4.78 is 6.20. The predicted molar refractivity (Wildman–Crippen MR) is 62.5 cm³/mol. The molecule has 14 heavy (non-hydrogen) atoms. The van der Waals surface area contributed by atoms with Gasteiger partial charge in [-0.2, -0.15) is 0 Å². The Morgan fingerprint density at radius 2 is 2.14 bits per heavy atom. The SMILES string of the molecule is CC(C)Oc1c(S)ccc(C=O)c1Br. The molecule has 0 spiro atoms. The van der Waals surface area contributed by atoms with Gasteiger partial charge in [-0.3, -0.25) is 4.79 Å². The summed E-state index contributed by atoms with van der Waals surface area (Å²) in [5.74, 6) is 0.618. The van der Waals surface area contributed by atoms with Gasteiger partial charge in [-0.15, -0.1) is 12.6 Å². The van der Waals surface area contributed by atoms with E-state index in [2.05, 4.69) is 28.6 Å². The van der Waals surface area contributed by atoms with Crippen LogP contribution >= 0.6 is 28.6 Å². The molecule has 0 atom stereocenters. The molecule has 4 heteroatoms. The largest absolute Gasteiger partial charge is 0.489 e. The summed E-state index contributed by atoms with van der Waals surface area (Å²) in [5, 5.41) is 0. The molecule has 0 aliphatic heterocycles. The van der Waals surface area contributed by atoms with Crippen molar-refractivity contribution in [1.82, 2.24) is 0 Å². The zero-order valence-electron chi connectivity index (χ0n) is 7.95. The van der Waals surface area contributed by atoms with Gasteiger partial charge in [0.1, 0.15) is 5.75 Å². The van der Waals surface area contributed by atoms with Crippen molar-refractivity contribution in [2.24, 2.45) is 0 Å². The highest BCUT2D eigenvalue weighted by atomic mass is 79.9. The number of hydrogen-bond acceptors (Lipinski definition) is 3. The quantitative estimate of drug-likeness (QED) is 0.676. The van der Waals surface area contributed by atoms with Crippen LogP contribution in [0.3, 0.4) is 0 Å². The lowest BCUT2D eigenvalue weighted by Crippen LogP contribution is -2.07. The lowest BCUT2D eigenvalue weighted by atomic mass is 10.2. The number of carbonyl (C=O) groups is 1. The maximum atomic E-state index is 10.7. The summed E-state index contributed by atoms with van der Waals surface area (Å²) in [6.45, 7) is 3.85. The summed E-state index contributed by atoms with van der Waals surface area (Å²) in [7, 11) is 0. The van der Waals surface area contributed by atoms with Gasteiger partial charge in [-0.05, 0) is 41.9 Å². The van der Waals surface area contributed by atoms with Gasteiger partial charge in [0.25, 0.3) is 0 Å². The van der Waals surface area contributed by atoms with Gasteiger partial charge in [0, 0.05) is 10.5 Å². The molecule has 0 aliphatic carbocycles. The first-order valence-corrected chi connectivity index (χ1v) is 5.43. The summed E-state index contributed by atoms with van der Waals surface area (Å²) in [5.41, 5.74) is 0.568. The normalized spacial score (nSPS) is 10.4. The van der Waals surface area contributed by atoms with Crippen molar-refractivity contribution < 1.29 is 9.53 Å². The molecule has 0 unspecified atom stereocenters. The van der Waals surface area contributed by atoms with Crippen LogP contribution in [-0.2, 0) is 0 Å². The number of rotatable bonds is 3. The third kappa shape index (κ3) is 2.51.